The second-order valence-corrected chi connectivity index (χ2v) is 6.85. The van der Waals surface area contributed by atoms with Crippen molar-refractivity contribution in [1.29, 1.82) is 0 Å². The van der Waals surface area contributed by atoms with E-state index >= 15 is 0 Å². The molecule has 1 amide bonds. The van der Waals surface area contributed by atoms with Gasteiger partial charge in [0.25, 0.3) is 0 Å². The fourth-order valence-electron chi connectivity index (χ4n) is 3.09. The van der Waals surface area contributed by atoms with Gasteiger partial charge in [-0.2, -0.15) is 0 Å². The van der Waals surface area contributed by atoms with Crippen LogP contribution in [-0.2, 0) is 4.79 Å². The van der Waals surface area contributed by atoms with Gasteiger partial charge in [-0.15, -0.1) is 0 Å². The quantitative estimate of drug-likeness (QED) is 0.627. The predicted molar refractivity (Wildman–Crippen MR) is 82.3 cm³/mol. The number of nitrogens with two attached hydrogens (primary N) is 1. The molecule has 0 aromatic heterocycles. The number of rotatable bonds is 7. The molecule has 1 rings (SSSR count). The Hall–Kier alpha value is -0.610. The number of hydrogen-bond donors (Lipinski definition) is 3. The molecule has 4 nitrogen and oxygen atoms in total. The molecule has 1 saturated carbocycles. The molecule has 0 heterocycles. The Morgan fingerprint density at radius 2 is 1.85 bits per heavy atom. The molecule has 1 aliphatic rings. The maximum Gasteiger partial charge on any atom is 0.220 e. The van der Waals surface area contributed by atoms with E-state index in [2.05, 4.69) is 19.2 Å². The van der Waals surface area contributed by atoms with Gasteiger partial charge in [-0.3, -0.25) is 4.79 Å². The smallest absolute Gasteiger partial charge is 0.220 e. The van der Waals surface area contributed by atoms with E-state index in [-0.39, 0.29) is 11.8 Å². The summed E-state index contributed by atoms with van der Waals surface area (Å²) in [4.78, 5) is 12.0. The third-order valence-corrected chi connectivity index (χ3v) is 4.26. The van der Waals surface area contributed by atoms with Crippen LogP contribution in [-0.4, -0.2) is 29.7 Å². The summed E-state index contributed by atoms with van der Waals surface area (Å²) in [5.41, 5.74) is 5.03. The lowest BCUT2D eigenvalue weighted by molar-refractivity contribution is -0.123. The summed E-state index contributed by atoms with van der Waals surface area (Å²) in [5.74, 6) is 0.833. The standard InChI is InChI=1S/C16H32N2O2/c1-13(2)9-14(11-17)10-15(19)18-12-16(20)7-5-3-4-6-8-16/h13-14,20H,3-12,17H2,1-2H3,(H,18,19). The van der Waals surface area contributed by atoms with Crippen LogP contribution in [0.25, 0.3) is 0 Å². The van der Waals surface area contributed by atoms with E-state index in [0.29, 0.717) is 25.4 Å². The highest BCUT2D eigenvalue weighted by atomic mass is 16.3. The summed E-state index contributed by atoms with van der Waals surface area (Å²) in [6.07, 6.45) is 7.58. The zero-order chi connectivity index (χ0) is 15.0. The summed E-state index contributed by atoms with van der Waals surface area (Å²) in [5, 5.41) is 13.4. The van der Waals surface area contributed by atoms with Crippen molar-refractivity contribution in [3.05, 3.63) is 0 Å². The van der Waals surface area contributed by atoms with Gasteiger partial charge in [-0.25, -0.2) is 0 Å². The molecule has 4 heteroatoms. The van der Waals surface area contributed by atoms with Crippen molar-refractivity contribution >= 4 is 5.91 Å². The molecule has 1 atom stereocenters. The van der Waals surface area contributed by atoms with Crippen molar-refractivity contribution in [3.63, 3.8) is 0 Å². The van der Waals surface area contributed by atoms with Crippen LogP contribution in [0, 0.1) is 11.8 Å². The van der Waals surface area contributed by atoms with Crippen LogP contribution in [0.15, 0.2) is 0 Å². The van der Waals surface area contributed by atoms with Crippen molar-refractivity contribution in [2.45, 2.75) is 70.8 Å². The molecule has 4 N–H and O–H groups in total. The Kier molecular flexibility index (Phi) is 7.52. The Balaban J connectivity index is 2.34. The highest BCUT2D eigenvalue weighted by molar-refractivity contribution is 5.76. The molecule has 0 aromatic carbocycles. The van der Waals surface area contributed by atoms with Gasteiger partial charge in [0.2, 0.25) is 5.91 Å². The minimum absolute atomic E-state index is 0.0266. The lowest BCUT2D eigenvalue weighted by Crippen LogP contribution is -2.43. The van der Waals surface area contributed by atoms with Crippen molar-refractivity contribution < 1.29 is 9.90 Å². The molecule has 0 spiro atoms. The van der Waals surface area contributed by atoms with E-state index in [1.165, 1.54) is 12.8 Å². The fourth-order valence-corrected chi connectivity index (χ4v) is 3.09. The normalized spacial score (nSPS) is 20.4. The van der Waals surface area contributed by atoms with Gasteiger partial charge in [-0.1, -0.05) is 39.5 Å². The van der Waals surface area contributed by atoms with Gasteiger partial charge in [0.1, 0.15) is 0 Å². The summed E-state index contributed by atoms with van der Waals surface area (Å²) < 4.78 is 0. The number of amides is 1. The Labute approximate surface area is 123 Å². The summed E-state index contributed by atoms with van der Waals surface area (Å²) in [7, 11) is 0. The number of aliphatic hydroxyl groups is 1. The maximum absolute atomic E-state index is 12.0. The minimum atomic E-state index is -0.692. The van der Waals surface area contributed by atoms with E-state index in [1.807, 2.05) is 0 Å². The lowest BCUT2D eigenvalue weighted by Gasteiger charge is -2.27. The van der Waals surface area contributed by atoms with Crippen LogP contribution >= 0.6 is 0 Å². The summed E-state index contributed by atoms with van der Waals surface area (Å²) in [6, 6.07) is 0. The average molecular weight is 284 g/mol. The number of hydrogen-bond acceptors (Lipinski definition) is 3. The highest BCUT2D eigenvalue weighted by Gasteiger charge is 2.28. The monoisotopic (exact) mass is 284 g/mol. The number of nitrogens with one attached hydrogen (secondary N) is 1. The van der Waals surface area contributed by atoms with Gasteiger partial charge < -0.3 is 16.2 Å². The van der Waals surface area contributed by atoms with Gasteiger partial charge in [0.05, 0.1) is 5.60 Å². The van der Waals surface area contributed by atoms with Crippen molar-refractivity contribution in [2.75, 3.05) is 13.1 Å². The SMILES string of the molecule is CC(C)CC(CN)CC(=O)NCC1(O)CCCCCC1. The molecular formula is C16H32N2O2. The molecule has 118 valence electrons. The lowest BCUT2D eigenvalue weighted by atomic mass is 9.92. The van der Waals surface area contributed by atoms with E-state index < -0.39 is 5.60 Å². The van der Waals surface area contributed by atoms with Crippen LogP contribution in [0.1, 0.15) is 65.2 Å². The van der Waals surface area contributed by atoms with Gasteiger partial charge in [0.15, 0.2) is 0 Å². The van der Waals surface area contributed by atoms with Crippen LogP contribution < -0.4 is 11.1 Å². The van der Waals surface area contributed by atoms with Crippen LogP contribution in [0.5, 0.6) is 0 Å². The predicted octanol–water partition coefficient (Wildman–Crippen LogP) is 2.20. The molecule has 0 bridgehead atoms. The van der Waals surface area contributed by atoms with Crippen molar-refractivity contribution in [1.82, 2.24) is 5.32 Å². The Bertz CT molecular complexity index is 284. The van der Waals surface area contributed by atoms with Crippen molar-refractivity contribution in [2.24, 2.45) is 17.6 Å². The maximum atomic E-state index is 12.0. The van der Waals surface area contributed by atoms with Gasteiger partial charge in [-0.05, 0) is 37.6 Å². The van der Waals surface area contributed by atoms with E-state index in [1.54, 1.807) is 0 Å². The van der Waals surface area contributed by atoms with Gasteiger partial charge in [0, 0.05) is 13.0 Å². The molecule has 1 fully saturated rings. The second-order valence-electron chi connectivity index (χ2n) is 6.85. The van der Waals surface area contributed by atoms with Crippen LogP contribution in [0.3, 0.4) is 0 Å². The first-order valence-corrected chi connectivity index (χ1v) is 8.14. The Morgan fingerprint density at radius 1 is 1.25 bits per heavy atom. The third kappa shape index (κ3) is 6.71. The van der Waals surface area contributed by atoms with Crippen LogP contribution in [0.4, 0.5) is 0 Å². The molecule has 1 unspecified atom stereocenters. The van der Waals surface area contributed by atoms with E-state index in [9.17, 15) is 9.90 Å². The first kappa shape index (κ1) is 17.4. The molecule has 1 aliphatic carbocycles. The first-order valence-electron chi connectivity index (χ1n) is 8.14. The van der Waals surface area contributed by atoms with Crippen molar-refractivity contribution in [3.8, 4) is 0 Å². The van der Waals surface area contributed by atoms with Gasteiger partial charge >= 0.3 is 0 Å². The van der Waals surface area contributed by atoms with Crippen LogP contribution in [0.2, 0.25) is 0 Å². The minimum Gasteiger partial charge on any atom is -0.388 e. The average Bonchev–Trinajstić information content (AvgIpc) is 2.60. The molecule has 0 aliphatic heterocycles. The van der Waals surface area contributed by atoms with E-state index in [4.69, 9.17) is 5.73 Å². The Morgan fingerprint density at radius 3 is 2.35 bits per heavy atom. The zero-order valence-electron chi connectivity index (χ0n) is 13.2. The zero-order valence-corrected chi connectivity index (χ0v) is 13.2. The summed E-state index contributed by atoms with van der Waals surface area (Å²) >= 11 is 0. The second kappa shape index (κ2) is 8.63. The molecule has 0 aromatic rings. The van der Waals surface area contributed by atoms with E-state index in [0.717, 1.165) is 32.1 Å². The third-order valence-electron chi connectivity index (χ3n) is 4.26. The number of carbonyl (C=O) groups excluding carboxylic acids is 1. The molecule has 0 radical (unpaired) electrons. The number of carbonyl (C=O) groups is 1. The largest absolute Gasteiger partial charge is 0.388 e. The fraction of sp³-hybridized carbons (Fsp3) is 0.938. The highest BCUT2D eigenvalue weighted by Crippen LogP contribution is 2.26. The molecular weight excluding hydrogens is 252 g/mol. The topological polar surface area (TPSA) is 75.4 Å². The molecule has 0 saturated heterocycles. The summed E-state index contributed by atoms with van der Waals surface area (Å²) in [6.45, 7) is 5.24. The molecule has 20 heavy (non-hydrogen) atoms. The first-order chi connectivity index (χ1) is 9.45.